The minimum Gasteiger partial charge on any atom is -0.450 e. The smallest absolute Gasteiger partial charge is 0.410 e. The third-order valence-electron chi connectivity index (χ3n) is 4.31. The van der Waals surface area contributed by atoms with Crippen LogP contribution in [0.25, 0.3) is 0 Å². The molecule has 1 N–H and O–H groups in total. The van der Waals surface area contributed by atoms with Crippen molar-refractivity contribution in [1.82, 2.24) is 4.90 Å². The number of hydrogen-bond donors (Lipinski definition) is 1. The van der Waals surface area contributed by atoms with Crippen molar-refractivity contribution < 1.29 is 24.0 Å². The molecule has 0 aliphatic carbocycles. The third-order valence-corrected chi connectivity index (χ3v) is 4.80. The Bertz CT molecular complexity index is 686. The van der Waals surface area contributed by atoms with Crippen LogP contribution in [0.5, 0.6) is 0 Å². The van der Waals surface area contributed by atoms with E-state index in [1.54, 1.807) is 28.9 Å². The molecule has 0 bridgehead atoms. The number of benzene rings is 1. The van der Waals surface area contributed by atoms with Crippen LogP contribution in [-0.4, -0.2) is 62.1 Å². The number of carbonyl (C=O) groups is 3. The van der Waals surface area contributed by atoms with Crippen LogP contribution in [0, 0.1) is 0 Å². The second-order valence-electron chi connectivity index (χ2n) is 5.82. The normalized spacial score (nSPS) is 18.1. The Morgan fingerprint density at radius 3 is 2.67 bits per heavy atom. The van der Waals surface area contributed by atoms with Crippen molar-refractivity contribution >= 4 is 39.4 Å². The fraction of sp³-hybridized carbons (Fsp3) is 0.438. The summed E-state index contributed by atoms with van der Waals surface area (Å²) in [5.41, 5.74) is 1.10. The molecule has 8 heteroatoms. The van der Waals surface area contributed by atoms with E-state index in [4.69, 9.17) is 4.74 Å². The van der Waals surface area contributed by atoms with E-state index in [1.807, 2.05) is 6.07 Å². The van der Waals surface area contributed by atoms with Gasteiger partial charge in [-0.1, -0.05) is 15.9 Å². The van der Waals surface area contributed by atoms with Crippen LogP contribution < -0.4 is 9.80 Å². The molecule has 0 aromatic heterocycles. The van der Waals surface area contributed by atoms with E-state index in [0.717, 1.165) is 9.37 Å². The Hall–Kier alpha value is -1.93. The zero-order valence-corrected chi connectivity index (χ0v) is 15.0. The molecule has 1 aromatic carbocycles. The van der Waals surface area contributed by atoms with E-state index in [2.05, 4.69) is 15.9 Å². The molecule has 128 valence electrons. The minimum atomic E-state index is -0.483. The molecule has 0 radical (unpaired) electrons. The molecule has 2 heterocycles. The standard InChI is InChI=1S/C16H18BrN3O4/c1-2-24-16(23)19-7-5-18(6-8-19)10-20-13-4-3-11(17)9-12(13)14(21)15(20)22/h3-4,9H,2,5-8,10H2,1H3/p+1. The quantitative estimate of drug-likeness (QED) is 0.745. The first-order valence-corrected chi connectivity index (χ1v) is 8.71. The summed E-state index contributed by atoms with van der Waals surface area (Å²) in [6.07, 6.45) is -0.292. The first kappa shape index (κ1) is 16.9. The second kappa shape index (κ2) is 6.90. The number of quaternary nitrogens is 1. The first-order chi connectivity index (χ1) is 11.5. The van der Waals surface area contributed by atoms with Gasteiger partial charge in [-0.3, -0.25) is 19.4 Å². The van der Waals surface area contributed by atoms with Crippen molar-refractivity contribution in [1.29, 1.82) is 0 Å². The topological polar surface area (TPSA) is 71.4 Å². The molecular weight excluding hydrogens is 378 g/mol. The van der Waals surface area contributed by atoms with Gasteiger partial charge in [-0.05, 0) is 25.1 Å². The molecule has 2 amide bonds. The number of ketones is 1. The number of hydrogen-bond acceptors (Lipinski definition) is 4. The zero-order valence-electron chi connectivity index (χ0n) is 13.4. The summed E-state index contributed by atoms with van der Waals surface area (Å²) < 4.78 is 5.78. The van der Waals surface area contributed by atoms with E-state index in [0.29, 0.717) is 50.7 Å². The number of nitrogens with one attached hydrogen (secondary N) is 1. The van der Waals surface area contributed by atoms with Crippen LogP contribution >= 0.6 is 15.9 Å². The van der Waals surface area contributed by atoms with Gasteiger partial charge in [0.1, 0.15) is 0 Å². The van der Waals surface area contributed by atoms with Gasteiger partial charge < -0.3 is 9.64 Å². The van der Waals surface area contributed by atoms with Crippen LogP contribution in [0.15, 0.2) is 22.7 Å². The number of ether oxygens (including phenoxy) is 1. The van der Waals surface area contributed by atoms with Gasteiger partial charge >= 0.3 is 12.0 Å². The molecule has 7 nitrogen and oxygen atoms in total. The SMILES string of the molecule is CCOC(=O)N1CC[NH+](CN2C(=O)C(=O)c3cc(Br)ccc32)CC1. The van der Waals surface area contributed by atoms with Crippen molar-refractivity contribution in [3.05, 3.63) is 28.2 Å². The van der Waals surface area contributed by atoms with Gasteiger partial charge in [-0.25, -0.2) is 4.79 Å². The summed E-state index contributed by atoms with van der Waals surface area (Å²) in [5.74, 6) is -0.945. The number of piperazine rings is 1. The average molecular weight is 397 g/mol. The van der Waals surface area contributed by atoms with Gasteiger partial charge in [-0.2, -0.15) is 0 Å². The lowest BCUT2D eigenvalue weighted by molar-refractivity contribution is -0.902. The number of Topliss-reactive ketones (excluding diaryl/α,β-unsaturated/α-hetero) is 1. The van der Waals surface area contributed by atoms with Gasteiger partial charge in [0.2, 0.25) is 0 Å². The molecule has 3 rings (SSSR count). The lowest BCUT2D eigenvalue weighted by atomic mass is 10.1. The van der Waals surface area contributed by atoms with Gasteiger partial charge in [0.15, 0.2) is 6.67 Å². The summed E-state index contributed by atoms with van der Waals surface area (Å²) in [5, 5.41) is 0. The average Bonchev–Trinajstić information content (AvgIpc) is 2.80. The molecule has 1 aromatic rings. The Balaban J connectivity index is 1.65. The molecule has 0 saturated carbocycles. The molecule has 0 atom stereocenters. The summed E-state index contributed by atoms with van der Waals surface area (Å²) in [7, 11) is 0. The van der Waals surface area contributed by atoms with Crippen LogP contribution in [0.2, 0.25) is 0 Å². The van der Waals surface area contributed by atoms with Crippen LogP contribution in [0.4, 0.5) is 10.5 Å². The maximum absolute atomic E-state index is 12.3. The van der Waals surface area contributed by atoms with Crippen molar-refractivity contribution in [3.8, 4) is 0 Å². The fourth-order valence-electron chi connectivity index (χ4n) is 3.03. The number of amides is 2. The second-order valence-corrected chi connectivity index (χ2v) is 6.73. The van der Waals surface area contributed by atoms with E-state index in [1.165, 1.54) is 0 Å². The number of carbonyl (C=O) groups excluding carboxylic acids is 3. The highest BCUT2D eigenvalue weighted by Gasteiger charge is 2.38. The summed E-state index contributed by atoms with van der Waals surface area (Å²) in [4.78, 5) is 40.5. The van der Waals surface area contributed by atoms with Gasteiger partial charge in [0, 0.05) is 4.47 Å². The largest absolute Gasteiger partial charge is 0.450 e. The minimum absolute atomic E-state index is 0.292. The highest BCUT2D eigenvalue weighted by atomic mass is 79.9. The van der Waals surface area contributed by atoms with Crippen molar-refractivity contribution in [2.24, 2.45) is 0 Å². The molecule has 2 aliphatic heterocycles. The summed E-state index contributed by atoms with van der Waals surface area (Å²) in [6, 6.07) is 5.30. The summed E-state index contributed by atoms with van der Waals surface area (Å²) >= 11 is 3.33. The van der Waals surface area contributed by atoms with Gasteiger partial charge in [-0.15, -0.1) is 0 Å². The molecule has 1 saturated heterocycles. The molecular formula is C16H19BrN3O4+. The number of nitrogens with zero attached hydrogens (tertiary/aromatic N) is 2. The molecule has 0 unspecified atom stereocenters. The Morgan fingerprint density at radius 2 is 2.00 bits per heavy atom. The Morgan fingerprint density at radius 1 is 1.29 bits per heavy atom. The van der Waals surface area contributed by atoms with Gasteiger partial charge in [0.05, 0.1) is 44.0 Å². The van der Waals surface area contributed by atoms with Crippen molar-refractivity contribution in [2.75, 3.05) is 44.4 Å². The summed E-state index contributed by atoms with van der Waals surface area (Å²) in [6.45, 7) is 5.16. The highest BCUT2D eigenvalue weighted by molar-refractivity contribution is 9.10. The third kappa shape index (κ3) is 3.16. The molecule has 2 aliphatic rings. The van der Waals surface area contributed by atoms with E-state index >= 15 is 0 Å². The fourth-order valence-corrected chi connectivity index (χ4v) is 3.39. The van der Waals surface area contributed by atoms with E-state index < -0.39 is 11.7 Å². The maximum atomic E-state index is 12.3. The lowest BCUT2D eigenvalue weighted by Gasteiger charge is -2.33. The molecule has 1 fully saturated rings. The first-order valence-electron chi connectivity index (χ1n) is 7.92. The zero-order chi connectivity index (χ0) is 17.3. The molecule has 24 heavy (non-hydrogen) atoms. The number of halogens is 1. The maximum Gasteiger partial charge on any atom is 0.410 e. The van der Waals surface area contributed by atoms with Crippen LogP contribution in [0.1, 0.15) is 17.3 Å². The predicted molar refractivity (Wildman–Crippen MR) is 90.1 cm³/mol. The predicted octanol–water partition coefficient (Wildman–Crippen LogP) is 0.293. The number of fused-ring (bicyclic) bond motifs is 1. The van der Waals surface area contributed by atoms with Gasteiger partial charge in [0.25, 0.3) is 5.78 Å². The monoisotopic (exact) mass is 396 g/mol. The molecule has 0 spiro atoms. The number of rotatable bonds is 3. The Labute approximate surface area is 148 Å². The van der Waals surface area contributed by atoms with Crippen molar-refractivity contribution in [2.45, 2.75) is 6.92 Å². The number of anilines is 1. The Kier molecular flexibility index (Phi) is 4.86. The lowest BCUT2D eigenvalue weighted by Crippen LogP contribution is -3.16. The van der Waals surface area contributed by atoms with E-state index in [9.17, 15) is 14.4 Å². The van der Waals surface area contributed by atoms with Crippen LogP contribution in [-0.2, 0) is 9.53 Å². The van der Waals surface area contributed by atoms with Crippen molar-refractivity contribution in [3.63, 3.8) is 0 Å². The van der Waals surface area contributed by atoms with Crippen LogP contribution in [0.3, 0.4) is 0 Å². The highest BCUT2D eigenvalue weighted by Crippen LogP contribution is 2.30. The van der Waals surface area contributed by atoms with E-state index in [-0.39, 0.29) is 6.09 Å².